The van der Waals surface area contributed by atoms with E-state index in [0.29, 0.717) is 11.7 Å². The number of amides is 2. The average molecular weight is 393 g/mol. The molecule has 1 aliphatic carbocycles. The van der Waals surface area contributed by atoms with E-state index in [1.54, 1.807) is 11.3 Å². The van der Waals surface area contributed by atoms with E-state index in [-0.39, 0.29) is 11.8 Å². The molecule has 6 nitrogen and oxygen atoms in total. The maximum Gasteiger partial charge on any atom is 0.246 e. The molecule has 0 unspecified atom stereocenters. The lowest BCUT2D eigenvalue weighted by molar-refractivity contribution is -0.122. The minimum Gasteiger partial charge on any atom is -0.351 e. The largest absolute Gasteiger partial charge is 0.351 e. The summed E-state index contributed by atoms with van der Waals surface area (Å²) in [6, 6.07) is 3.99. The van der Waals surface area contributed by atoms with Gasteiger partial charge in [0, 0.05) is 16.7 Å². The molecule has 0 bridgehead atoms. The Balaban J connectivity index is 1.71. The molecule has 3 rings (SSSR count). The number of hydrogen-bond donors (Lipinski definition) is 3. The summed E-state index contributed by atoms with van der Waals surface area (Å²) < 4.78 is 0. The SMILES string of the molecule is CC(=O)NCc1ccc(-c2nc(NC(=O)C3(N)CCCCC3)sc2C)s1. The van der Waals surface area contributed by atoms with Crippen molar-refractivity contribution in [1.29, 1.82) is 0 Å². The number of anilines is 1. The van der Waals surface area contributed by atoms with E-state index in [0.717, 1.165) is 52.4 Å². The van der Waals surface area contributed by atoms with Gasteiger partial charge in [-0.1, -0.05) is 19.3 Å². The summed E-state index contributed by atoms with van der Waals surface area (Å²) in [5.41, 5.74) is 6.40. The number of nitrogens with zero attached hydrogens (tertiary/aromatic N) is 1. The smallest absolute Gasteiger partial charge is 0.246 e. The zero-order valence-electron chi connectivity index (χ0n) is 15.1. The number of aromatic nitrogens is 1. The van der Waals surface area contributed by atoms with E-state index >= 15 is 0 Å². The molecule has 0 radical (unpaired) electrons. The predicted molar refractivity (Wildman–Crippen MR) is 106 cm³/mol. The molecule has 0 saturated heterocycles. The second-order valence-corrected chi connectivity index (χ2v) is 9.14. The quantitative estimate of drug-likeness (QED) is 0.726. The molecule has 140 valence electrons. The molecule has 8 heteroatoms. The lowest BCUT2D eigenvalue weighted by Gasteiger charge is -2.31. The fourth-order valence-electron chi connectivity index (χ4n) is 3.12. The zero-order chi connectivity index (χ0) is 18.7. The Morgan fingerprint density at radius 3 is 2.65 bits per heavy atom. The van der Waals surface area contributed by atoms with Gasteiger partial charge in [0.1, 0.15) is 0 Å². The van der Waals surface area contributed by atoms with Crippen molar-refractivity contribution >= 4 is 39.6 Å². The van der Waals surface area contributed by atoms with Crippen LogP contribution in [0.1, 0.15) is 48.8 Å². The van der Waals surface area contributed by atoms with Crippen molar-refractivity contribution in [3.8, 4) is 10.6 Å². The number of thiophene rings is 1. The van der Waals surface area contributed by atoms with Gasteiger partial charge in [-0.3, -0.25) is 9.59 Å². The van der Waals surface area contributed by atoms with Crippen LogP contribution >= 0.6 is 22.7 Å². The van der Waals surface area contributed by atoms with Crippen molar-refractivity contribution in [2.45, 2.75) is 58.0 Å². The van der Waals surface area contributed by atoms with Gasteiger partial charge in [-0.15, -0.1) is 22.7 Å². The van der Waals surface area contributed by atoms with Gasteiger partial charge in [-0.05, 0) is 31.9 Å². The highest BCUT2D eigenvalue weighted by Crippen LogP contribution is 2.35. The fourth-order valence-corrected chi connectivity index (χ4v) is 5.00. The Morgan fingerprint density at radius 2 is 1.96 bits per heavy atom. The van der Waals surface area contributed by atoms with Crippen molar-refractivity contribution in [1.82, 2.24) is 10.3 Å². The van der Waals surface area contributed by atoms with Crippen LogP contribution < -0.4 is 16.4 Å². The molecule has 1 saturated carbocycles. The molecular formula is C18H24N4O2S2. The number of carbonyl (C=O) groups excluding carboxylic acids is 2. The highest BCUT2D eigenvalue weighted by atomic mass is 32.1. The third-order valence-corrected chi connectivity index (χ3v) is 6.60. The van der Waals surface area contributed by atoms with Crippen LogP contribution in [0.15, 0.2) is 12.1 Å². The molecule has 2 heterocycles. The van der Waals surface area contributed by atoms with Gasteiger partial charge in [0.05, 0.1) is 22.7 Å². The first-order valence-electron chi connectivity index (χ1n) is 8.79. The highest BCUT2D eigenvalue weighted by Gasteiger charge is 2.35. The third-order valence-electron chi connectivity index (χ3n) is 4.62. The van der Waals surface area contributed by atoms with Crippen LogP contribution in [-0.4, -0.2) is 22.3 Å². The lowest BCUT2D eigenvalue weighted by Crippen LogP contribution is -2.52. The normalized spacial score (nSPS) is 16.3. The minimum atomic E-state index is -0.771. The molecule has 2 aromatic heterocycles. The molecule has 2 aromatic rings. The van der Waals surface area contributed by atoms with Crippen LogP contribution in [0.25, 0.3) is 10.6 Å². The molecule has 4 N–H and O–H groups in total. The van der Waals surface area contributed by atoms with Gasteiger partial charge < -0.3 is 16.4 Å². The van der Waals surface area contributed by atoms with Crippen molar-refractivity contribution in [2.75, 3.05) is 5.32 Å². The summed E-state index contributed by atoms with van der Waals surface area (Å²) >= 11 is 3.06. The van der Waals surface area contributed by atoms with Gasteiger partial charge in [-0.2, -0.15) is 0 Å². The number of nitrogens with two attached hydrogens (primary N) is 1. The Labute approximate surface area is 161 Å². The summed E-state index contributed by atoms with van der Waals surface area (Å²) in [7, 11) is 0. The lowest BCUT2D eigenvalue weighted by atomic mass is 9.82. The molecule has 0 spiro atoms. The standard InChI is InChI=1S/C18H24N4O2S2/c1-11-15(14-7-6-13(26-14)10-20-12(2)23)21-17(25-11)22-16(24)18(19)8-4-3-5-9-18/h6-7H,3-5,8-10,19H2,1-2H3,(H,20,23)(H,21,22,24). The highest BCUT2D eigenvalue weighted by molar-refractivity contribution is 7.18. The Morgan fingerprint density at radius 1 is 1.23 bits per heavy atom. The van der Waals surface area contributed by atoms with Gasteiger partial charge in [0.25, 0.3) is 0 Å². The molecule has 0 aliphatic heterocycles. The molecule has 26 heavy (non-hydrogen) atoms. The molecule has 0 aromatic carbocycles. The number of thiazole rings is 1. The Hall–Kier alpha value is -1.77. The van der Waals surface area contributed by atoms with Gasteiger partial charge in [0.2, 0.25) is 11.8 Å². The van der Waals surface area contributed by atoms with Crippen LogP contribution in [0, 0.1) is 6.92 Å². The maximum absolute atomic E-state index is 12.6. The van der Waals surface area contributed by atoms with Crippen molar-refractivity contribution < 1.29 is 9.59 Å². The van der Waals surface area contributed by atoms with Gasteiger partial charge >= 0.3 is 0 Å². The monoisotopic (exact) mass is 392 g/mol. The zero-order valence-corrected chi connectivity index (χ0v) is 16.7. The third kappa shape index (κ3) is 4.31. The van der Waals surface area contributed by atoms with E-state index < -0.39 is 5.54 Å². The molecular weight excluding hydrogens is 368 g/mol. The average Bonchev–Trinajstić information content (AvgIpc) is 3.20. The number of rotatable bonds is 5. The summed E-state index contributed by atoms with van der Waals surface area (Å²) in [6.45, 7) is 4.02. The van der Waals surface area contributed by atoms with E-state index in [1.165, 1.54) is 18.3 Å². The Bertz CT molecular complexity index is 806. The number of aryl methyl sites for hydroxylation is 1. The van der Waals surface area contributed by atoms with Crippen LogP contribution in [0.2, 0.25) is 0 Å². The molecule has 1 fully saturated rings. The van der Waals surface area contributed by atoms with Gasteiger partial charge in [0.15, 0.2) is 5.13 Å². The molecule has 1 aliphatic rings. The van der Waals surface area contributed by atoms with Crippen molar-refractivity contribution in [2.24, 2.45) is 5.73 Å². The summed E-state index contributed by atoms with van der Waals surface area (Å²) in [5.74, 6) is -0.178. The van der Waals surface area contributed by atoms with Crippen LogP contribution in [-0.2, 0) is 16.1 Å². The minimum absolute atomic E-state index is 0.0479. The molecule has 0 atom stereocenters. The first-order valence-corrected chi connectivity index (χ1v) is 10.4. The number of nitrogens with one attached hydrogen (secondary N) is 2. The maximum atomic E-state index is 12.6. The second-order valence-electron chi connectivity index (χ2n) is 6.77. The van der Waals surface area contributed by atoms with E-state index in [4.69, 9.17) is 5.73 Å². The summed E-state index contributed by atoms with van der Waals surface area (Å²) in [5, 5.41) is 6.31. The summed E-state index contributed by atoms with van der Waals surface area (Å²) in [6.07, 6.45) is 4.60. The topological polar surface area (TPSA) is 97.1 Å². The van der Waals surface area contributed by atoms with E-state index in [1.807, 2.05) is 19.1 Å². The Kier molecular flexibility index (Phi) is 5.74. The first kappa shape index (κ1) is 19.0. The van der Waals surface area contributed by atoms with Gasteiger partial charge in [-0.25, -0.2) is 4.98 Å². The summed E-state index contributed by atoms with van der Waals surface area (Å²) in [4.78, 5) is 31.4. The van der Waals surface area contributed by atoms with Crippen LogP contribution in [0.5, 0.6) is 0 Å². The fraction of sp³-hybridized carbons (Fsp3) is 0.500. The molecule has 2 amide bonds. The second kappa shape index (κ2) is 7.85. The van der Waals surface area contributed by atoms with Crippen LogP contribution in [0.4, 0.5) is 5.13 Å². The van der Waals surface area contributed by atoms with Crippen molar-refractivity contribution in [3.63, 3.8) is 0 Å². The van der Waals surface area contributed by atoms with Crippen molar-refractivity contribution in [3.05, 3.63) is 21.9 Å². The predicted octanol–water partition coefficient (Wildman–Crippen LogP) is 3.42. The van der Waals surface area contributed by atoms with Crippen LogP contribution in [0.3, 0.4) is 0 Å². The number of carbonyl (C=O) groups is 2. The van der Waals surface area contributed by atoms with E-state index in [2.05, 4.69) is 15.6 Å². The first-order chi connectivity index (χ1) is 12.4. The van der Waals surface area contributed by atoms with E-state index in [9.17, 15) is 9.59 Å². The number of hydrogen-bond acceptors (Lipinski definition) is 6.